The molecule has 0 fully saturated rings. The first-order valence-electron chi connectivity index (χ1n) is 5.89. The van der Waals surface area contributed by atoms with Crippen LogP contribution in [0, 0.1) is 6.07 Å². The van der Waals surface area contributed by atoms with Crippen molar-refractivity contribution in [2.24, 2.45) is 0 Å². The molecular weight excluding hydrogens is 331 g/mol. The number of hydrogen-bond donors (Lipinski definition) is 0. The maximum Gasteiger partial charge on any atom is 3.00 e. The molecule has 0 saturated heterocycles. The van der Waals surface area contributed by atoms with Gasteiger partial charge in [0.05, 0.1) is 0 Å². The standard InChI is InChI=1S/C15H15Si.2ClH.Cr/c1-16(2)15-9-5-8-13-12-7-4-3-6-11(12)10-14(13)15;;;/h3-8,16H,10H2,1-2H3;2*1H;/q-1;;;+3/p-2. The second kappa shape index (κ2) is 7.52. The van der Waals surface area contributed by atoms with Crippen molar-refractivity contribution in [1.82, 2.24) is 0 Å². The van der Waals surface area contributed by atoms with E-state index in [4.69, 9.17) is 0 Å². The fourth-order valence-corrected chi connectivity index (χ4v) is 4.02. The van der Waals surface area contributed by atoms with Gasteiger partial charge in [0, 0.05) is 8.80 Å². The van der Waals surface area contributed by atoms with E-state index in [1.807, 2.05) is 0 Å². The third-order valence-electron chi connectivity index (χ3n) is 3.39. The number of hydrogen-bond acceptors (Lipinski definition) is 0. The first-order valence-corrected chi connectivity index (χ1v) is 8.78. The molecule has 1 aliphatic rings. The van der Waals surface area contributed by atoms with E-state index < -0.39 is 8.80 Å². The second-order valence-electron chi connectivity index (χ2n) is 4.77. The Morgan fingerprint density at radius 1 is 1.00 bits per heavy atom. The van der Waals surface area contributed by atoms with Crippen LogP contribution in [0.1, 0.15) is 11.1 Å². The van der Waals surface area contributed by atoms with Gasteiger partial charge in [-0.15, -0.1) is 11.1 Å². The Labute approximate surface area is 140 Å². The second-order valence-corrected chi connectivity index (χ2v) is 7.66. The Bertz CT molecular complexity index is 556. The van der Waals surface area contributed by atoms with Gasteiger partial charge in [-0.25, -0.2) is 0 Å². The van der Waals surface area contributed by atoms with Gasteiger partial charge in [-0.2, -0.15) is 23.4 Å². The largest absolute Gasteiger partial charge is 3.00 e. The summed E-state index contributed by atoms with van der Waals surface area (Å²) in [7, 11) is -0.761. The normalized spacial score (nSPS) is 10.7. The van der Waals surface area contributed by atoms with Crippen LogP contribution in [-0.2, 0) is 23.8 Å². The van der Waals surface area contributed by atoms with Gasteiger partial charge in [0.2, 0.25) is 0 Å². The van der Waals surface area contributed by atoms with Crippen LogP contribution < -0.4 is 30.0 Å². The van der Waals surface area contributed by atoms with Crippen LogP contribution in [0.3, 0.4) is 0 Å². The SMILES string of the molecule is C[SiH](C)c1[c-]ccc2c1Cc1ccccc1-2.[Cl-].[Cl-].[Cr+3]. The molecule has 0 unspecified atom stereocenters. The van der Waals surface area contributed by atoms with Gasteiger partial charge in [-0.3, -0.25) is 0 Å². The fourth-order valence-electron chi connectivity index (χ4n) is 2.63. The van der Waals surface area contributed by atoms with Crippen molar-refractivity contribution in [1.29, 1.82) is 0 Å². The molecule has 0 spiro atoms. The maximum absolute atomic E-state index is 3.46. The fraction of sp³-hybridized carbons (Fsp3) is 0.200. The Morgan fingerprint density at radius 2 is 1.68 bits per heavy atom. The average molecular weight is 346 g/mol. The first-order chi connectivity index (χ1) is 7.77. The molecule has 0 amide bonds. The summed E-state index contributed by atoms with van der Waals surface area (Å²) >= 11 is 0. The number of fused-ring (bicyclic) bond motifs is 3. The summed E-state index contributed by atoms with van der Waals surface area (Å²) in [5, 5.41) is 1.52. The van der Waals surface area contributed by atoms with Crippen LogP contribution in [0.2, 0.25) is 13.1 Å². The molecule has 2 aromatic carbocycles. The molecular formula is C15H15Cl2CrSi. The zero-order valence-electron chi connectivity index (χ0n) is 10.9. The van der Waals surface area contributed by atoms with E-state index >= 15 is 0 Å². The number of rotatable bonds is 1. The molecule has 3 rings (SSSR count). The average Bonchev–Trinajstić information content (AvgIpc) is 2.67. The van der Waals surface area contributed by atoms with E-state index in [2.05, 4.69) is 55.6 Å². The molecule has 1 radical (unpaired) electrons. The van der Waals surface area contributed by atoms with Crippen molar-refractivity contribution < 1.29 is 42.2 Å². The van der Waals surface area contributed by atoms with Crippen molar-refractivity contribution >= 4 is 14.0 Å². The molecule has 0 atom stereocenters. The molecule has 0 heterocycles. The number of halogens is 2. The van der Waals surface area contributed by atoms with Gasteiger partial charge < -0.3 is 24.8 Å². The van der Waals surface area contributed by atoms with Gasteiger partial charge in [-0.1, -0.05) is 37.4 Å². The molecule has 0 aliphatic heterocycles. The van der Waals surface area contributed by atoms with Crippen molar-refractivity contribution in [3.8, 4) is 11.1 Å². The summed E-state index contributed by atoms with van der Waals surface area (Å²) in [5.41, 5.74) is 5.91. The Hall–Kier alpha value is -0.231. The minimum absolute atomic E-state index is 0. The predicted octanol–water partition coefficient (Wildman–Crippen LogP) is -3.24. The van der Waals surface area contributed by atoms with Gasteiger partial charge in [0.25, 0.3) is 0 Å². The van der Waals surface area contributed by atoms with Gasteiger partial charge in [0.1, 0.15) is 0 Å². The van der Waals surface area contributed by atoms with E-state index in [0.29, 0.717) is 0 Å². The Balaban J connectivity index is 0.00000108. The van der Waals surface area contributed by atoms with Gasteiger partial charge in [-0.05, 0) is 17.5 Å². The van der Waals surface area contributed by atoms with Crippen LogP contribution in [0.25, 0.3) is 11.1 Å². The smallest absolute Gasteiger partial charge is 1.00 e. The summed E-state index contributed by atoms with van der Waals surface area (Å²) in [5.74, 6) is 0. The van der Waals surface area contributed by atoms with Gasteiger partial charge in [0.15, 0.2) is 0 Å². The zero-order chi connectivity index (χ0) is 11.1. The van der Waals surface area contributed by atoms with Crippen LogP contribution in [0.4, 0.5) is 0 Å². The summed E-state index contributed by atoms with van der Waals surface area (Å²) in [6.07, 6.45) is 1.11. The Morgan fingerprint density at radius 3 is 2.37 bits per heavy atom. The molecule has 0 aromatic heterocycles. The van der Waals surface area contributed by atoms with Crippen molar-refractivity contribution in [3.63, 3.8) is 0 Å². The number of benzene rings is 2. The molecule has 0 N–H and O–H groups in total. The predicted molar refractivity (Wildman–Crippen MR) is 72.0 cm³/mol. The molecule has 0 saturated carbocycles. The van der Waals surface area contributed by atoms with E-state index in [-0.39, 0.29) is 42.2 Å². The minimum atomic E-state index is -0.761. The molecule has 99 valence electrons. The van der Waals surface area contributed by atoms with Crippen molar-refractivity contribution in [2.75, 3.05) is 0 Å². The van der Waals surface area contributed by atoms with Crippen LogP contribution in [-0.4, -0.2) is 8.80 Å². The topological polar surface area (TPSA) is 0 Å². The molecule has 1 aliphatic carbocycles. The molecule has 19 heavy (non-hydrogen) atoms. The van der Waals surface area contributed by atoms with Crippen molar-refractivity contribution in [3.05, 3.63) is 53.6 Å². The van der Waals surface area contributed by atoms with Gasteiger partial charge >= 0.3 is 17.4 Å². The molecule has 4 heteroatoms. The monoisotopic (exact) mass is 345 g/mol. The van der Waals surface area contributed by atoms with Crippen molar-refractivity contribution in [2.45, 2.75) is 19.5 Å². The van der Waals surface area contributed by atoms with E-state index in [0.717, 1.165) is 6.42 Å². The third kappa shape index (κ3) is 3.27. The minimum Gasteiger partial charge on any atom is -1.00 e. The van der Waals surface area contributed by atoms with Crippen LogP contribution in [0.15, 0.2) is 36.4 Å². The quantitative estimate of drug-likeness (QED) is 0.321. The van der Waals surface area contributed by atoms with Crippen LogP contribution >= 0.6 is 0 Å². The summed E-state index contributed by atoms with van der Waals surface area (Å²) in [6, 6.07) is 16.6. The first kappa shape index (κ1) is 18.8. The van der Waals surface area contributed by atoms with E-state index in [9.17, 15) is 0 Å². The van der Waals surface area contributed by atoms with Crippen LogP contribution in [0.5, 0.6) is 0 Å². The molecule has 0 bridgehead atoms. The molecule has 2 aromatic rings. The molecule has 0 nitrogen and oxygen atoms in total. The zero-order valence-corrected chi connectivity index (χ0v) is 14.9. The Kier molecular flexibility index (Phi) is 7.43. The summed E-state index contributed by atoms with van der Waals surface area (Å²) in [6.45, 7) is 4.77. The van der Waals surface area contributed by atoms with E-state index in [1.165, 1.54) is 21.9 Å². The van der Waals surface area contributed by atoms with E-state index in [1.54, 1.807) is 5.56 Å². The maximum atomic E-state index is 3.46. The summed E-state index contributed by atoms with van der Waals surface area (Å²) < 4.78 is 0. The third-order valence-corrected chi connectivity index (χ3v) is 5.06. The summed E-state index contributed by atoms with van der Waals surface area (Å²) in [4.78, 5) is 0.